The van der Waals surface area contributed by atoms with Crippen molar-refractivity contribution in [2.75, 3.05) is 20.3 Å². The van der Waals surface area contributed by atoms with E-state index < -0.39 is 8.07 Å². The molecule has 0 saturated carbocycles. The van der Waals surface area contributed by atoms with Crippen LogP contribution in [0.4, 0.5) is 10.1 Å². The highest BCUT2D eigenvalue weighted by atomic mass is 28.3. The van der Waals surface area contributed by atoms with Gasteiger partial charge in [0.25, 0.3) is 0 Å². The molecule has 0 amide bonds. The number of methoxy groups -OCH3 is 1. The average Bonchev–Trinajstić information content (AvgIpc) is 3.61. The van der Waals surface area contributed by atoms with E-state index in [4.69, 9.17) is 26.1 Å². The molecule has 45 heavy (non-hydrogen) atoms. The minimum atomic E-state index is -1.27. The molecular formula is C35H39FN6O2Si. The van der Waals surface area contributed by atoms with Crippen LogP contribution in [0.2, 0.25) is 25.7 Å². The molecule has 5 aromatic rings. The highest BCUT2D eigenvalue weighted by Gasteiger charge is 2.34. The van der Waals surface area contributed by atoms with Crippen molar-refractivity contribution >= 4 is 24.7 Å². The lowest BCUT2D eigenvalue weighted by atomic mass is 9.97. The second kappa shape index (κ2) is 12.6. The summed E-state index contributed by atoms with van der Waals surface area (Å²) in [4.78, 5) is 11.3. The predicted octanol–water partition coefficient (Wildman–Crippen LogP) is 7.82. The molecule has 8 nitrogen and oxygen atoms in total. The van der Waals surface area contributed by atoms with Crippen LogP contribution in [0.15, 0.2) is 66.7 Å². The Morgan fingerprint density at radius 1 is 1.04 bits per heavy atom. The van der Waals surface area contributed by atoms with Gasteiger partial charge in [-0.15, -0.1) is 5.10 Å². The normalized spacial score (nSPS) is 15.3. The van der Waals surface area contributed by atoms with E-state index in [1.54, 1.807) is 19.2 Å². The van der Waals surface area contributed by atoms with Crippen LogP contribution in [0.5, 0.6) is 5.75 Å². The van der Waals surface area contributed by atoms with E-state index in [0.29, 0.717) is 37.1 Å². The Kier molecular flexibility index (Phi) is 8.60. The molecule has 0 spiro atoms. The summed E-state index contributed by atoms with van der Waals surface area (Å²) in [6.07, 6.45) is 0. The van der Waals surface area contributed by atoms with Crippen molar-refractivity contribution in [1.82, 2.24) is 24.2 Å². The van der Waals surface area contributed by atoms with Gasteiger partial charge in [0.1, 0.15) is 24.1 Å². The summed E-state index contributed by atoms with van der Waals surface area (Å²) < 4.78 is 30.3. The molecule has 1 unspecified atom stereocenters. The maximum absolute atomic E-state index is 14.2. The van der Waals surface area contributed by atoms with Crippen LogP contribution >= 0.6 is 0 Å². The molecule has 6 rings (SSSR count). The Morgan fingerprint density at radius 2 is 1.84 bits per heavy atom. The lowest BCUT2D eigenvalue weighted by Crippen LogP contribution is -2.39. The van der Waals surface area contributed by atoms with Crippen LogP contribution in [0, 0.1) is 19.3 Å². The van der Waals surface area contributed by atoms with Gasteiger partial charge in [-0.25, -0.2) is 18.9 Å². The van der Waals surface area contributed by atoms with Crippen molar-refractivity contribution in [2.45, 2.75) is 58.5 Å². The van der Waals surface area contributed by atoms with Crippen LogP contribution in [0.25, 0.3) is 27.3 Å². The van der Waals surface area contributed by atoms with E-state index >= 15 is 0 Å². The summed E-state index contributed by atoms with van der Waals surface area (Å²) >= 11 is 0. The summed E-state index contributed by atoms with van der Waals surface area (Å²) in [5.74, 6) is 1.66. The molecule has 232 valence electrons. The maximum atomic E-state index is 14.2. The highest BCUT2D eigenvalue weighted by molar-refractivity contribution is 6.76. The van der Waals surface area contributed by atoms with E-state index in [-0.39, 0.29) is 11.9 Å². The number of rotatable bonds is 10. The van der Waals surface area contributed by atoms with E-state index in [2.05, 4.69) is 58.2 Å². The van der Waals surface area contributed by atoms with Crippen molar-refractivity contribution in [3.63, 3.8) is 0 Å². The second-order valence-corrected chi connectivity index (χ2v) is 18.5. The molecule has 1 aliphatic heterocycles. The van der Waals surface area contributed by atoms with Gasteiger partial charge in [-0.05, 0) is 53.9 Å². The minimum Gasteiger partial charge on any atom is -0.507 e. The summed E-state index contributed by atoms with van der Waals surface area (Å²) in [7, 11) is 0.321. The number of aryl methyl sites for hydroxylation is 1. The zero-order valence-corrected chi connectivity index (χ0v) is 27.5. The first-order chi connectivity index (χ1) is 21.7. The zero-order valence-electron chi connectivity index (χ0n) is 26.5. The molecule has 0 bridgehead atoms. The molecule has 0 aliphatic carbocycles. The van der Waals surface area contributed by atoms with Gasteiger partial charge < -0.3 is 14.0 Å². The topological polar surface area (TPSA) is 61.7 Å². The van der Waals surface area contributed by atoms with Gasteiger partial charge in [-0.3, -0.25) is 4.90 Å². The first kappa shape index (κ1) is 30.7. The standard InChI is InChI=1S/C35H39FN6O2Si/c1-24-20-26(36)12-13-27(24)32-35-38-34(39-42(35)17-16-40(32)22-25-10-8-7-9-11-25)31-21-28-30(15-14-29(37-2)33(28)43-3)41(31)23-44-18-19-45(4,5)6/h7-15,20-21,32H,16-19,22-23H2,1,3-6H3. The molecule has 10 heteroatoms. The van der Waals surface area contributed by atoms with Gasteiger partial charge in [-0.1, -0.05) is 62.1 Å². The Labute approximate surface area is 264 Å². The Morgan fingerprint density at radius 3 is 2.56 bits per heavy atom. The fourth-order valence-electron chi connectivity index (χ4n) is 6.07. The summed E-state index contributed by atoms with van der Waals surface area (Å²) in [5, 5.41) is 5.86. The summed E-state index contributed by atoms with van der Waals surface area (Å²) in [5.41, 5.74) is 5.22. The van der Waals surface area contributed by atoms with Gasteiger partial charge in [0.05, 0.1) is 37.5 Å². The number of aromatic nitrogens is 4. The van der Waals surface area contributed by atoms with Crippen molar-refractivity contribution in [1.29, 1.82) is 0 Å². The monoisotopic (exact) mass is 622 g/mol. The number of ether oxygens (including phenoxy) is 2. The first-order valence-electron chi connectivity index (χ1n) is 15.3. The van der Waals surface area contributed by atoms with Gasteiger partial charge in [0, 0.05) is 33.2 Å². The Bertz CT molecular complexity index is 1870. The molecule has 1 aliphatic rings. The lowest BCUT2D eigenvalue weighted by molar-refractivity contribution is 0.0912. The molecule has 0 radical (unpaired) electrons. The molecular weight excluding hydrogens is 584 g/mol. The number of hydrogen-bond acceptors (Lipinski definition) is 5. The fraction of sp³-hybridized carbons (Fsp3) is 0.343. The van der Waals surface area contributed by atoms with E-state index in [0.717, 1.165) is 52.7 Å². The van der Waals surface area contributed by atoms with E-state index in [1.807, 2.05) is 35.9 Å². The SMILES string of the molecule is [C-]#[N+]c1ccc2c(cc(-c3nc4n(n3)CCN(Cc3ccccc3)C4c3ccc(F)cc3C)n2COCC[Si](C)(C)C)c1OC. The molecule has 3 aromatic carbocycles. The average molecular weight is 623 g/mol. The third kappa shape index (κ3) is 6.29. The van der Waals surface area contributed by atoms with Gasteiger partial charge in [0.15, 0.2) is 5.82 Å². The lowest BCUT2D eigenvalue weighted by Gasteiger charge is -2.36. The quantitative estimate of drug-likeness (QED) is 0.0903. The van der Waals surface area contributed by atoms with Crippen molar-refractivity contribution in [3.8, 4) is 17.3 Å². The van der Waals surface area contributed by atoms with Crippen LogP contribution in [0.3, 0.4) is 0 Å². The third-order valence-electron chi connectivity index (χ3n) is 8.45. The van der Waals surface area contributed by atoms with Crippen molar-refractivity contribution < 1.29 is 13.9 Å². The van der Waals surface area contributed by atoms with Gasteiger partial charge in [0.2, 0.25) is 5.69 Å². The van der Waals surface area contributed by atoms with Crippen molar-refractivity contribution in [3.05, 3.63) is 106 Å². The number of fused-ring (bicyclic) bond motifs is 2. The molecule has 0 fully saturated rings. The molecule has 2 aromatic heterocycles. The smallest absolute Gasteiger partial charge is 0.228 e. The molecule has 0 saturated heterocycles. The molecule has 3 heterocycles. The summed E-state index contributed by atoms with van der Waals surface area (Å²) in [6, 6.07) is 21.9. The van der Waals surface area contributed by atoms with Gasteiger partial charge in [-0.2, -0.15) is 0 Å². The van der Waals surface area contributed by atoms with E-state index in [9.17, 15) is 4.39 Å². The summed E-state index contributed by atoms with van der Waals surface area (Å²) in [6.45, 7) is 19.8. The predicted molar refractivity (Wildman–Crippen MR) is 178 cm³/mol. The van der Waals surface area contributed by atoms with Crippen LogP contribution in [0.1, 0.15) is 28.6 Å². The number of nitrogens with zero attached hydrogens (tertiary/aromatic N) is 6. The van der Waals surface area contributed by atoms with Crippen LogP contribution in [-0.4, -0.2) is 52.6 Å². The third-order valence-corrected chi connectivity index (χ3v) is 10.2. The Balaban J connectivity index is 1.46. The largest absolute Gasteiger partial charge is 0.507 e. The van der Waals surface area contributed by atoms with Gasteiger partial charge >= 0.3 is 0 Å². The maximum Gasteiger partial charge on any atom is 0.228 e. The zero-order chi connectivity index (χ0) is 31.7. The van der Waals surface area contributed by atoms with Crippen LogP contribution < -0.4 is 4.74 Å². The number of hydrogen-bond donors (Lipinski definition) is 0. The number of halogens is 1. The van der Waals surface area contributed by atoms with E-state index in [1.165, 1.54) is 11.6 Å². The number of benzene rings is 3. The fourth-order valence-corrected chi connectivity index (χ4v) is 6.83. The van der Waals surface area contributed by atoms with Crippen molar-refractivity contribution in [2.24, 2.45) is 0 Å². The molecule has 1 atom stereocenters. The van der Waals surface area contributed by atoms with Crippen LogP contribution in [-0.2, 0) is 24.6 Å². The highest BCUT2D eigenvalue weighted by Crippen LogP contribution is 2.41. The minimum absolute atomic E-state index is 0.213. The Hall–Kier alpha value is -4.30. The second-order valence-electron chi connectivity index (χ2n) is 12.8. The first-order valence-corrected chi connectivity index (χ1v) is 19.0. The molecule has 0 N–H and O–H groups in total.